The smallest absolute Gasteiger partial charge is 0.411 e. The molecule has 12 heteroatoms. The number of aliphatic hydroxyl groups is 1. The van der Waals surface area contributed by atoms with Gasteiger partial charge < -0.3 is 34.9 Å². The number of nitrogens with zero attached hydrogens (tertiary/aromatic N) is 2. The van der Waals surface area contributed by atoms with E-state index < -0.39 is 12.2 Å². The maximum atomic E-state index is 12.9. The van der Waals surface area contributed by atoms with Crippen molar-refractivity contribution in [3.63, 3.8) is 0 Å². The molecule has 1 saturated heterocycles. The van der Waals surface area contributed by atoms with Gasteiger partial charge in [-0.2, -0.15) is 0 Å². The average molecular weight is 788 g/mol. The van der Waals surface area contributed by atoms with E-state index in [0.29, 0.717) is 54.6 Å². The van der Waals surface area contributed by atoms with Gasteiger partial charge in [0.1, 0.15) is 11.9 Å². The molecule has 3 atom stereocenters. The number of rotatable bonds is 17. The lowest BCUT2D eigenvalue weighted by atomic mass is 10.0. The van der Waals surface area contributed by atoms with Crippen LogP contribution < -0.4 is 16.2 Å². The second-order valence-electron chi connectivity index (χ2n) is 15.5. The van der Waals surface area contributed by atoms with Crippen molar-refractivity contribution in [3.8, 4) is 16.9 Å². The summed E-state index contributed by atoms with van der Waals surface area (Å²) in [5.41, 5.74) is 5.78. The monoisotopic (exact) mass is 787 g/mol. The predicted octanol–water partition coefficient (Wildman–Crippen LogP) is 6.09. The highest BCUT2D eigenvalue weighted by atomic mass is 16.6. The van der Waals surface area contributed by atoms with Crippen LogP contribution in [0.4, 0.5) is 10.5 Å². The van der Waals surface area contributed by atoms with Crippen molar-refractivity contribution in [2.75, 3.05) is 58.3 Å². The number of ether oxygens (including phenoxy) is 2. The van der Waals surface area contributed by atoms with Crippen LogP contribution in [0.25, 0.3) is 22.0 Å². The van der Waals surface area contributed by atoms with E-state index in [4.69, 9.17) is 9.47 Å². The predicted molar refractivity (Wildman–Crippen MR) is 225 cm³/mol. The summed E-state index contributed by atoms with van der Waals surface area (Å²) in [4.78, 5) is 44.0. The largest absolute Gasteiger partial charge is 0.506 e. The standard InChI is InChI=1S/C46H53N5O7/c1-50(22-21-47-27-42(53)38-15-17-41(52)45-39(38)16-18-43(54)49-45)44(55)20-24-57-23-19-31-11-13-32(14-12-31)28-51-29-34-25-36(26-35(34)30-51)58-46(56)48-40-10-6-5-9-37(40)33-7-3-2-4-8-33/h2-18,34-36,42,47,52-53H,19-30H2,1H3,(H,48,56)(H,49,54). The number of likely N-dealkylation sites (N-methyl/N-ethyl adjacent to an activating group) is 1. The SMILES string of the molecule is CN(CCNCC(O)c1ccc(O)c2[nH]c(=O)ccc12)C(=O)CCOCCc1ccc(CN2CC3CC(OC(=O)Nc4ccccc4-c4ccccc4)CC3C2)cc1. The molecule has 0 radical (unpaired) electrons. The van der Waals surface area contributed by atoms with Gasteiger partial charge in [0.05, 0.1) is 36.9 Å². The molecule has 2 amide bonds. The van der Waals surface area contributed by atoms with Crippen LogP contribution in [0.2, 0.25) is 0 Å². The Morgan fingerprint density at radius 3 is 2.40 bits per heavy atom. The fraction of sp³-hybridized carbons (Fsp3) is 0.370. The fourth-order valence-corrected chi connectivity index (χ4v) is 8.30. The molecular weight excluding hydrogens is 735 g/mol. The number of hydrogen-bond acceptors (Lipinski definition) is 9. The molecule has 4 aromatic carbocycles. The van der Waals surface area contributed by atoms with Gasteiger partial charge >= 0.3 is 6.09 Å². The number of fused-ring (bicyclic) bond motifs is 2. The van der Waals surface area contributed by atoms with Crippen LogP contribution in [-0.4, -0.2) is 96.1 Å². The van der Waals surface area contributed by atoms with E-state index in [2.05, 4.69) is 44.8 Å². The molecule has 7 rings (SSSR count). The molecule has 2 aliphatic rings. The third kappa shape index (κ3) is 10.5. The summed E-state index contributed by atoms with van der Waals surface area (Å²) in [5, 5.41) is 27.6. The Morgan fingerprint density at radius 2 is 1.62 bits per heavy atom. The number of amides is 2. The van der Waals surface area contributed by atoms with Crippen molar-refractivity contribution in [1.29, 1.82) is 0 Å². The minimum atomic E-state index is -0.862. The average Bonchev–Trinajstić information content (AvgIpc) is 3.78. The van der Waals surface area contributed by atoms with E-state index in [1.165, 1.54) is 23.3 Å². The number of nitrogens with one attached hydrogen (secondary N) is 3. The number of H-pyrrole nitrogens is 1. The number of aromatic amines is 1. The summed E-state index contributed by atoms with van der Waals surface area (Å²) in [6.07, 6.45) is 1.53. The van der Waals surface area contributed by atoms with E-state index in [0.717, 1.165) is 55.7 Å². The van der Waals surface area contributed by atoms with Crippen molar-refractivity contribution in [1.82, 2.24) is 20.1 Å². The van der Waals surface area contributed by atoms with Gasteiger partial charge in [-0.15, -0.1) is 0 Å². The zero-order valence-corrected chi connectivity index (χ0v) is 32.9. The molecule has 0 spiro atoms. The Hall–Kier alpha value is -5.53. The van der Waals surface area contributed by atoms with Gasteiger partial charge in [0, 0.05) is 63.3 Å². The molecule has 12 nitrogen and oxygen atoms in total. The number of anilines is 1. The molecule has 5 aromatic rings. The number of para-hydroxylation sites is 1. The number of benzene rings is 4. The minimum Gasteiger partial charge on any atom is -0.506 e. The first-order chi connectivity index (χ1) is 28.2. The molecule has 304 valence electrons. The first-order valence-corrected chi connectivity index (χ1v) is 20.2. The van der Waals surface area contributed by atoms with Crippen LogP contribution in [-0.2, 0) is 27.2 Å². The maximum absolute atomic E-state index is 12.9. The quantitative estimate of drug-likeness (QED) is 0.0705. The van der Waals surface area contributed by atoms with Crippen LogP contribution in [0.5, 0.6) is 5.75 Å². The van der Waals surface area contributed by atoms with Gasteiger partial charge in [0.15, 0.2) is 0 Å². The normalized spacial score (nSPS) is 18.2. The first kappa shape index (κ1) is 40.7. The Kier molecular flexibility index (Phi) is 13.5. The minimum absolute atomic E-state index is 0.0135. The molecule has 2 heterocycles. The molecule has 1 aliphatic heterocycles. The molecule has 1 aromatic heterocycles. The Bertz CT molecular complexity index is 2200. The lowest BCUT2D eigenvalue weighted by Gasteiger charge is -2.20. The summed E-state index contributed by atoms with van der Waals surface area (Å²) < 4.78 is 11.7. The number of aromatic nitrogens is 1. The molecule has 1 aliphatic carbocycles. The third-order valence-electron chi connectivity index (χ3n) is 11.4. The topological polar surface area (TPSA) is 156 Å². The number of carbonyl (C=O) groups is 2. The van der Waals surface area contributed by atoms with Crippen LogP contribution >= 0.6 is 0 Å². The molecule has 58 heavy (non-hydrogen) atoms. The first-order valence-electron chi connectivity index (χ1n) is 20.2. The number of phenolic OH excluding ortho intramolecular Hbond substituents is 1. The van der Waals surface area contributed by atoms with Gasteiger partial charge in [-0.1, -0.05) is 78.9 Å². The van der Waals surface area contributed by atoms with Gasteiger partial charge in [0.2, 0.25) is 11.5 Å². The van der Waals surface area contributed by atoms with Crippen molar-refractivity contribution < 1.29 is 29.3 Å². The lowest BCUT2D eigenvalue weighted by molar-refractivity contribution is -0.131. The van der Waals surface area contributed by atoms with Crippen LogP contribution in [0, 0.1) is 11.8 Å². The zero-order valence-electron chi connectivity index (χ0n) is 32.9. The number of pyridine rings is 1. The second kappa shape index (κ2) is 19.3. The zero-order chi connectivity index (χ0) is 40.4. The van der Waals surface area contributed by atoms with E-state index in [1.807, 2.05) is 54.6 Å². The van der Waals surface area contributed by atoms with Gasteiger partial charge in [0.25, 0.3) is 0 Å². The highest BCUT2D eigenvalue weighted by molar-refractivity contribution is 5.91. The van der Waals surface area contributed by atoms with Gasteiger partial charge in [-0.25, -0.2) is 4.79 Å². The van der Waals surface area contributed by atoms with Crippen molar-refractivity contribution in [2.24, 2.45) is 11.8 Å². The molecule has 2 fully saturated rings. The lowest BCUT2D eigenvalue weighted by Crippen LogP contribution is -2.35. The molecule has 1 saturated carbocycles. The summed E-state index contributed by atoms with van der Waals surface area (Å²) in [6.45, 7) is 5.01. The van der Waals surface area contributed by atoms with E-state index in [-0.39, 0.29) is 36.3 Å². The van der Waals surface area contributed by atoms with Crippen molar-refractivity contribution in [2.45, 2.75) is 44.4 Å². The van der Waals surface area contributed by atoms with Crippen molar-refractivity contribution >= 4 is 28.6 Å². The van der Waals surface area contributed by atoms with E-state index >= 15 is 0 Å². The molecule has 3 unspecified atom stereocenters. The number of aliphatic hydroxyl groups excluding tert-OH is 1. The maximum Gasteiger partial charge on any atom is 0.411 e. The van der Waals surface area contributed by atoms with Crippen molar-refractivity contribution in [3.05, 3.63) is 130 Å². The summed E-state index contributed by atoms with van der Waals surface area (Å²) in [6, 6.07) is 32.5. The van der Waals surface area contributed by atoms with E-state index in [9.17, 15) is 24.6 Å². The summed E-state index contributed by atoms with van der Waals surface area (Å²) in [7, 11) is 1.75. The third-order valence-corrected chi connectivity index (χ3v) is 11.4. The van der Waals surface area contributed by atoms with Crippen LogP contribution in [0.15, 0.2) is 108 Å². The second-order valence-corrected chi connectivity index (χ2v) is 15.5. The molecule has 5 N–H and O–H groups in total. The highest BCUT2D eigenvalue weighted by Crippen LogP contribution is 2.40. The summed E-state index contributed by atoms with van der Waals surface area (Å²) >= 11 is 0. The van der Waals surface area contributed by atoms with Crippen LogP contribution in [0.3, 0.4) is 0 Å². The number of likely N-dealkylation sites (tertiary alicyclic amines) is 1. The molecule has 0 bridgehead atoms. The number of aromatic hydroxyl groups is 1. The van der Waals surface area contributed by atoms with Gasteiger partial charge in [-0.05, 0) is 71.6 Å². The Labute approximate surface area is 338 Å². The number of hydrogen-bond donors (Lipinski definition) is 5. The Morgan fingerprint density at radius 1 is 0.897 bits per heavy atom. The number of carbonyl (C=O) groups excluding carboxylic acids is 2. The summed E-state index contributed by atoms with van der Waals surface area (Å²) in [5.74, 6) is 0.992. The molecular formula is C46H53N5O7. The Balaban J connectivity index is 0.743. The van der Waals surface area contributed by atoms with Crippen LogP contribution in [0.1, 0.15) is 42.1 Å². The van der Waals surface area contributed by atoms with E-state index in [1.54, 1.807) is 24.1 Å². The van der Waals surface area contributed by atoms with Gasteiger partial charge in [-0.3, -0.25) is 19.8 Å². The fourth-order valence-electron chi connectivity index (χ4n) is 8.30. The highest BCUT2D eigenvalue weighted by Gasteiger charge is 2.42. The number of phenols is 1.